The zero-order valence-corrected chi connectivity index (χ0v) is 15.9. The summed E-state index contributed by atoms with van der Waals surface area (Å²) in [5.74, 6) is 1.43. The van der Waals surface area contributed by atoms with Crippen LogP contribution in [-0.2, 0) is 0 Å². The van der Waals surface area contributed by atoms with Gasteiger partial charge in [0.05, 0.1) is 23.6 Å². The van der Waals surface area contributed by atoms with Crippen LogP contribution >= 0.6 is 11.6 Å². The molecule has 144 valence electrons. The number of hydrogen-bond donors (Lipinski definition) is 1. The lowest BCUT2D eigenvalue weighted by atomic mass is 10.0. The molecule has 9 heteroatoms. The molecule has 1 atom stereocenters. The third-order valence-corrected chi connectivity index (χ3v) is 5.20. The number of hydrogen-bond acceptors (Lipinski definition) is 7. The van der Waals surface area contributed by atoms with Crippen molar-refractivity contribution in [2.75, 3.05) is 31.6 Å². The first kappa shape index (κ1) is 18.4. The molecule has 3 aromatic rings. The standard InChI is InChI=1S/C19H18ClN5O3/c1-28-18-5-3-2-4-12(18)17-10-21-6-7-24(17)19-13-8-16(25(26)27)14(20)9-15(13)22-11-23-19/h2-5,8-9,11,17,21H,6-7,10H2,1H3. The molecule has 28 heavy (non-hydrogen) atoms. The van der Waals surface area contributed by atoms with Crippen molar-refractivity contribution in [2.24, 2.45) is 0 Å². The Morgan fingerprint density at radius 1 is 1.32 bits per heavy atom. The number of halogens is 1. The van der Waals surface area contributed by atoms with Crippen LogP contribution in [0.1, 0.15) is 11.6 Å². The zero-order valence-electron chi connectivity index (χ0n) is 15.1. The number of methoxy groups -OCH3 is 1. The molecule has 1 unspecified atom stereocenters. The van der Waals surface area contributed by atoms with Crippen LogP contribution in [0.15, 0.2) is 42.7 Å². The summed E-state index contributed by atoms with van der Waals surface area (Å²) in [6.45, 7) is 2.15. The van der Waals surface area contributed by atoms with Gasteiger partial charge in [0, 0.05) is 36.7 Å². The van der Waals surface area contributed by atoms with Gasteiger partial charge in [-0.25, -0.2) is 9.97 Å². The molecule has 1 fully saturated rings. The van der Waals surface area contributed by atoms with E-state index in [1.54, 1.807) is 7.11 Å². The number of nitrogens with zero attached hydrogens (tertiary/aromatic N) is 4. The highest BCUT2D eigenvalue weighted by Gasteiger charge is 2.29. The number of nitro benzene ring substituents is 1. The first-order valence-electron chi connectivity index (χ1n) is 8.79. The van der Waals surface area contributed by atoms with Crippen LogP contribution in [0.4, 0.5) is 11.5 Å². The van der Waals surface area contributed by atoms with Gasteiger partial charge in [0.1, 0.15) is 22.9 Å². The number of para-hydroxylation sites is 1. The van der Waals surface area contributed by atoms with Crippen LogP contribution in [0.3, 0.4) is 0 Å². The van der Waals surface area contributed by atoms with Crippen LogP contribution in [0, 0.1) is 10.1 Å². The molecule has 1 saturated heterocycles. The topological polar surface area (TPSA) is 93.4 Å². The lowest BCUT2D eigenvalue weighted by Gasteiger charge is -2.38. The Bertz CT molecular complexity index is 1050. The third-order valence-electron chi connectivity index (χ3n) is 4.89. The third kappa shape index (κ3) is 3.21. The summed E-state index contributed by atoms with van der Waals surface area (Å²) in [4.78, 5) is 21.7. The number of piperazine rings is 1. The number of benzene rings is 2. The summed E-state index contributed by atoms with van der Waals surface area (Å²) in [6, 6.07) is 10.8. The van der Waals surface area contributed by atoms with Gasteiger partial charge in [-0.2, -0.15) is 0 Å². The second-order valence-corrected chi connectivity index (χ2v) is 6.84. The lowest BCUT2D eigenvalue weighted by molar-refractivity contribution is -0.384. The number of nitro groups is 1. The Morgan fingerprint density at radius 2 is 2.14 bits per heavy atom. The van der Waals surface area contributed by atoms with Crippen LogP contribution in [0.5, 0.6) is 5.75 Å². The van der Waals surface area contributed by atoms with Crippen molar-refractivity contribution in [2.45, 2.75) is 6.04 Å². The van der Waals surface area contributed by atoms with Gasteiger partial charge in [-0.3, -0.25) is 10.1 Å². The van der Waals surface area contributed by atoms with Crippen molar-refractivity contribution in [3.63, 3.8) is 0 Å². The summed E-state index contributed by atoms with van der Waals surface area (Å²) in [7, 11) is 1.64. The number of fused-ring (bicyclic) bond motifs is 1. The predicted molar refractivity (Wildman–Crippen MR) is 107 cm³/mol. The van der Waals surface area contributed by atoms with Crippen LogP contribution < -0.4 is 15.0 Å². The molecule has 0 radical (unpaired) electrons. The fraction of sp³-hybridized carbons (Fsp3) is 0.263. The Balaban J connectivity index is 1.87. The van der Waals surface area contributed by atoms with E-state index in [1.807, 2.05) is 24.3 Å². The van der Waals surface area contributed by atoms with Crippen molar-refractivity contribution >= 4 is 34.0 Å². The summed E-state index contributed by atoms with van der Waals surface area (Å²) in [5.41, 5.74) is 1.43. The molecule has 8 nitrogen and oxygen atoms in total. The Labute approximate surface area is 166 Å². The van der Waals surface area contributed by atoms with E-state index in [0.29, 0.717) is 29.8 Å². The number of anilines is 1. The molecule has 1 N–H and O–H groups in total. The maximum absolute atomic E-state index is 11.4. The number of aromatic nitrogens is 2. The average Bonchev–Trinajstić information content (AvgIpc) is 2.72. The molecule has 1 aromatic heterocycles. The molecular weight excluding hydrogens is 382 g/mol. The fourth-order valence-corrected chi connectivity index (χ4v) is 3.83. The van der Waals surface area contributed by atoms with Crippen molar-refractivity contribution in [3.8, 4) is 5.75 Å². The first-order valence-corrected chi connectivity index (χ1v) is 9.17. The highest BCUT2D eigenvalue weighted by Crippen LogP contribution is 2.37. The summed E-state index contributed by atoms with van der Waals surface area (Å²) >= 11 is 6.06. The van der Waals surface area contributed by atoms with Crippen molar-refractivity contribution < 1.29 is 9.66 Å². The van der Waals surface area contributed by atoms with Crippen LogP contribution in [-0.4, -0.2) is 41.6 Å². The van der Waals surface area contributed by atoms with E-state index in [2.05, 4.69) is 20.2 Å². The van der Waals surface area contributed by atoms with E-state index >= 15 is 0 Å². The van der Waals surface area contributed by atoms with Crippen molar-refractivity contribution in [1.29, 1.82) is 0 Å². The van der Waals surface area contributed by atoms with Crippen molar-refractivity contribution in [3.05, 3.63) is 63.4 Å². The van der Waals surface area contributed by atoms with E-state index in [9.17, 15) is 10.1 Å². The Morgan fingerprint density at radius 3 is 2.93 bits per heavy atom. The molecule has 4 rings (SSSR count). The maximum atomic E-state index is 11.4. The summed E-state index contributed by atoms with van der Waals surface area (Å²) in [6.07, 6.45) is 1.46. The first-order chi connectivity index (χ1) is 13.6. The fourth-order valence-electron chi connectivity index (χ4n) is 3.60. The minimum absolute atomic E-state index is 0.0438. The smallest absolute Gasteiger partial charge is 0.288 e. The molecule has 2 heterocycles. The molecule has 0 amide bonds. The lowest BCUT2D eigenvalue weighted by Crippen LogP contribution is -2.46. The summed E-state index contributed by atoms with van der Waals surface area (Å²) < 4.78 is 5.54. The van der Waals surface area contributed by atoms with Crippen molar-refractivity contribution in [1.82, 2.24) is 15.3 Å². The van der Waals surface area contributed by atoms with E-state index < -0.39 is 4.92 Å². The Kier molecular flexibility index (Phi) is 4.97. The second kappa shape index (κ2) is 7.57. The second-order valence-electron chi connectivity index (χ2n) is 6.43. The van der Waals surface area contributed by atoms with Gasteiger partial charge in [-0.1, -0.05) is 29.8 Å². The molecule has 1 aliphatic heterocycles. The normalized spacial score (nSPS) is 16.9. The number of nitrogens with one attached hydrogen (secondary N) is 1. The minimum Gasteiger partial charge on any atom is -0.496 e. The van der Waals surface area contributed by atoms with E-state index in [1.165, 1.54) is 18.5 Å². The molecule has 1 aliphatic rings. The summed E-state index contributed by atoms with van der Waals surface area (Å²) in [5, 5.41) is 15.4. The largest absolute Gasteiger partial charge is 0.496 e. The van der Waals surface area contributed by atoms with Crippen LogP contribution in [0.2, 0.25) is 5.02 Å². The average molecular weight is 400 g/mol. The Hall–Kier alpha value is -2.97. The van der Waals surface area contributed by atoms with Gasteiger partial charge in [0.25, 0.3) is 5.69 Å². The zero-order chi connectivity index (χ0) is 19.7. The molecule has 0 spiro atoms. The molecule has 2 aromatic carbocycles. The van der Waals surface area contributed by atoms with E-state index in [-0.39, 0.29) is 16.8 Å². The maximum Gasteiger partial charge on any atom is 0.288 e. The molecule has 0 aliphatic carbocycles. The van der Waals surface area contributed by atoms with Gasteiger partial charge in [-0.15, -0.1) is 0 Å². The van der Waals surface area contributed by atoms with E-state index in [4.69, 9.17) is 16.3 Å². The minimum atomic E-state index is -0.492. The van der Waals surface area contributed by atoms with Gasteiger partial charge >= 0.3 is 0 Å². The SMILES string of the molecule is COc1ccccc1C1CNCCN1c1ncnc2cc(Cl)c([N+](=O)[O-])cc12. The quantitative estimate of drug-likeness (QED) is 0.531. The predicted octanol–water partition coefficient (Wildman–Crippen LogP) is 3.35. The monoisotopic (exact) mass is 399 g/mol. The van der Waals surface area contributed by atoms with Gasteiger partial charge in [-0.05, 0) is 12.1 Å². The molecule has 0 saturated carbocycles. The van der Waals surface area contributed by atoms with E-state index in [0.717, 1.165) is 17.9 Å². The van der Waals surface area contributed by atoms with Gasteiger partial charge in [0.2, 0.25) is 0 Å². The van der Waals surface area contributed by atoms with Gasteiger partial charge < -0.3 is 15.0 Å². The van der Waals surface area contributed by atoms with Gasteiger partial charge in [0.15, 0.2) is 0 Å². The molecular formula is C19H18ClN5O3. The highest BCUT2D eigenvalue weighted by atomic mass is 35.5. The number of rotatable bonds is 4. The number of ether oxygens (including phenoxy) is 1. The molecule has 0 bridgehead atoms. The van der Waals surface area contributed by atoms with Crippen LogP contribution in [0.25, 0.3) is 10.9 Å². The highest BCUT2D eigenvalue weighted by molar-refractivity contribution is 6.33.